The van der Waals surface area contributed by atoms with E-state index in [1.54, 1.807) is 14.1 Å². The van der Waals surface area contributed by atoms with Crippen molar-refractivity contribution in [2.45, 2.75) is 90.0 Å². The maximum absolute atomic E-state index is 12.4. The van der Waals surface area contributed by atoms with Gasteiger partial charge in [-0.25, -0.2) is 4.79 Å². The van der Waals surface area contributed by atoms with Crippen LogP contribution in [0.4, 0.5) is 0 Å². The van der Waals surface area contributed by atoms with E-state index in [9.17, 15) is 14.7 Å². The molecule has 142 valence electrons. The van der Waals surface area contributed by atoms with Crippen molar-refractivity contribution in [3.63, 3.8) is 0 Å². The summed E-state index contributed by atoms with van der Waals surface area (Å²) < 4.78 is -0.140. The highest BCUT2D eigenvalue weighted by atomic mass is 16.4. The fourth-order valence-corrected chi connectivity index (χ4v) is 3.06. The Morgan fingerprint density at radius 2 is 1.42 bits per heavy atom. The SMILES string of the molecule is CCCCCCCCCCCC(=O)[N+](C)(C)C(CCCN)C(=O)[O-]. The molecular weight excluding hydrogens is 304 g/mol. The predicted octanol–water partition coefficient (Wildman–Crippen LogP) is 2.37. The van der Waals surface area contributed by atoms with Gasteiger partial charge in [-0.15, -0.1) is 0 Å². The molecular formula is C19H38N2O3. The number of likely N-dealkylation sites (N-methyl/N-ethyl adjacent to an activating group) is 1. The monoisotopic (exact) mass is 342 g/mol. The van der Waals surface area contributed by atoms with E-state index in [0.717, 1.165) is 19.3 Å². The number of aliphatic carboxylic acids is 1. The Labute approximate surface area is 148 Å². The number of unbranched alkanes of at least 4 members (excludes halogenated alkanes) is 8. The van der Waals surface area contributed by atoms with Gasteiger partial charge in [-0.1, -0.05) is 58.3 Å². The summed E-state index contributed by atoms with van der Waals surface area (Å²) in [5.74, 6) is -1.18. The topological polar surface area (TPSA) is 83.2 Å². The van der Waals surface area contributed by atoms with Crippen molar-refractivity contribution in [1.29, 1.82) is 0 Å². The molecule has 0 aliphatic carbocycles. The van der Waals surface area contributed by atoms with E-state index in [4.69, 9.17) is 5.73 Å². The Kier molecular flexibility index (Phi) is 12.8. The molecule has 0 radical (unpaired) electrons. The van der Waals surface area contributed by atoms with Gasteiger partial charge in [0.25, 0.3) is 0 Å². The quantitative estimate of drug-likeness (QED) is 0.366. The fourth-order valence-electron chi connectivity index (χ4n) is 3.06. The number of quaternary nitrogens is 1. The van der Waals surface area contributed by atoms with Gasteiger partial charge in [-0.3, -0.25) is 4.48 Å². The van der Waals surface area contributed by atoms with E-state index in [2.05, 4.69) is 6.92 Å². The summed E-state index contributed by atoms with van der Waals surface area (Å²) in [5.41, 5.74) is 5.46. The summed E-state index contributed by atoms with van der Waals surface area (Å²) in [4.78, 5) is 23.8. The number of carbonyl (C=O) groups is 2. The van der Waals surface area contributed by atoms with Crippen molar-refractivity contribution >= 4 is 11.9 Å². The molecule has 0 heterocycles. The molecule has 0 aromatic heterocycles. The van der Waals surface area contributed by atoms with Crippen LogP contribution in [-0.2, 0) is 9.59 Å². The number of carboxylic acids is 1. The number of nitrogens with two attached hydrogens (primary N) is 1. The summed E-state index contributed by atoms with van der Waals surface area (Å²) >= 11 is 0. The molecule has 0 rings (SSSR count). The van der Waals surface area contributed by atoms with Crippen molar-refractivity contribution in [3.05, 3.63) is 0 Å². The van der Waals surface area contributed by atoms with Gasteiger partial charge in [0.1, 0.15) is 6.04 Å². The molecule has 0 saturated heterocycles. The normalized spacial score (nSPS) is 13.0. The van der Waals surface area contributed by atoms with Crippen LogP contribution in [0.1, 0.15) is 84.0 Å². The van der Waals surface area contributed by atoms with Gasteiger partial charge < -0.3 is 15.6 Å². The molecule has 1 atom stereocenters. The first-order valence-corrected chi connectivity index (χ1v) is 9.65. The van der Waals surface area contributed by atoms with Crippen LogP contribution in [0.5, 0.6) is 0 Å². The summed E-state index contributed by atoms with van der Waals surface area (Å²) in [7, 11) is 3.35. The highest BCUT2D eigenvalue weighted by molar-refractivity contribution is 5.76. The molecule has 0 aliphatic heterocycles. The zero-order chi connectivity index (χ0) is 18.4. The van der Waals surface area contributed by atoms with Gasteiger partial charge in [0, 0.05) is 6.42 Å². The Balaban J connectivity index is 4.04. The molecule has 0 fully saturated rings. The maximum atomic E-state index is 12.4. The Hall–Kier alpha value is -0.940. The van der Waals surface area contributed by atoms with Gasteiger partial charge in [0.2, 0.25) is 0 Å². The first kappa shape index (κ1) is 23.1. The second kappa shape index (κ2) is 13.4. The van der Waals surface area contributed by atoms with Gasteiger partial charge in [-0.05, 0) is 19.4 Å². The lowest BCUT2D eigenvalue weighted by molar-refractivity contribution is -0.835. The van der Waals surface area contributed by atoms with Crippen molar-refractivity contribution in [2.75, 3.05) is 20.6 Å². The summed E-state index contributed by atoms with van der Waals surface area (Å²) in [6.45, 7) is 2.65. The van der Waals surface area contributed by atoms with Crippen LogP contribution in [0.3, 0.4) is 0 Å². The molecule has 0 spiro atoms. The van der Waals surface area contributed by atoms with Crippen LogP contribution in [0.15, 0.2) is 0 Å². The van der Waals surface area contributed by atoms with E-state index in [-0.39, 0.29) is 10.4 Å². The van der Waals surface area contributed by atoms with Crippen molar-refractivity contribution in [3.8, 4) is 0 Å². The average molecular weight is 343 g/mol. The minimum atomic E-state index is -1.16. The molecule has 1 unspecified atom stereocenters. The van der Waals surface area contributed by atoms with Gasteiger partial charge >= 0.3 is 5.91 Å². The molecule has 2 N–H and O–H groups in total. The van der Waals surface area contributed by atoms with Gasteiger partial charge in [0.15, 0.2) is 0 Å². The maximum Gasteiger partial charge on any atom is 0.313 e. The third kappa shape index (κ3) is 9.38. The van der Waals surface area contributed by atoms with Crippen molar-refractivity contribution < 1.29 is 19.2 Å². The van der Waals surface area contributed by atoms with E-state index in [1.165, 1.54) is 38.5 Å². The van der Waals surface area contributed by atoms with Crippen LogP contribution in [0, 0.1) is 0 Å². The van der Waals surface area contributed by atoms with E-state index < -0.39 is 12.0 Å². The minimum Gasteiger partial charge on any atom is -0.544 e. The lowest BCUT2D eigenvalue weighted by Gasteiger charge is -2.36. The molecule has 0 bridgehead atoms. The lowest BCUT2D eigenvalue weighted by atomic mass is 10.0. The van der Waals surface area contributed by atoms with Crippen LogP contribution in [-0.4, -0.2) is 43.0 Å². The Morgan fingerprint density at radius 1 is 0.917 bits per heavy atom. The van der Waals surface area contributed by atoms with E-state index in [1.807, 2.05) is 0 Å². The molecule has 5 heteroatoms. The molecule has 0 aliphatic rings. The third-order valence-corrected chi connectivity index (χ3v) is 4.87. The zero-order valence-corrected chi connectivity index (χ0v) is 16.0. The third-order valence-electron chi connectivity index (χ3n) is 4.87. The van der Waals surface area contributed by atoms with Crippen LogP contribution < -0.4 is 10.8 Å². The predicted molar refractivity (Wildman–Crippen MR) is 96.0 cm³/mol. The molecule has 24 heavy (non-hydrogen) atoms. The lowest BCUT2D eigenvalue weighted by Crippen LogP contribution is -2.60. The number of amides is 1. The number of rotatable bonds is 15. The fraction of sp³-hybridized carbons (Fsp3) is 0.895. The number of hydrogen-bond donors (Lipinski definition) is 1. The standard InChI is InChI=1S/C19H38N2O3/c1-4-5-6-7-8-9-10-11-12-15-18(22)21(2,3)17(19(23)24)14-13-16-20/h17H,4-16,20H2,1-3H3. The number of hydrogen-bond acceptors (Lipinski definition) is 4. The molecule has 0 aromatic rings. The Bertz CT molecular complexity index is 357. The van der Waals surface area contributed by atoms with Gasteiger partial charge in [-0.2, -0.15) is 0 Å². The second-order valence-corrected chi connectivity index (χ2v) is 7.28. The molecule has 0 aromatic carbocycles. The van der Waals surface area contributed by atoms with Crippen LogP contribution in [0.25, 0.3) is 0 Å². The average Bonchev–Trinajstić information content (AvgIpc) is 2.52. The number of nitrogens with zero attached hydrogens (tertiary/aromatic N) is 1. The first-order chi connectivity index (χ1) is 11.4. The highest BCUT2D eigenvalue weighted by Gasteiger charge is 2.35. The smallest absolute Gasteiger partial charge is 0.313 e. The first-order valence-electron chi connectivity index (χ1n) is 9.65. The van der Waals surface area contributed by atoms with Crippen molar-refractivity contribution in [1.82, 2.24) is 0 Å². The van der Waals surface area contributed by atoms with Gasteiger partial charge in [0.05, 0.1) is 26.5 Å². The summed E-state index contributed by atoms with van der Waals surface area (Å²) in [5, 5.41) is 11.4. The van der Waals surface area contributed by atoms with E-state index in [0.29, 0.717) is 25.8 Å². The van der Waals surface area contributed by atoms with Crippen LogP contribution in [0.2, 0.25) is 0 Å². The van der Waals surface area contributed by atoms with Crippen molar-refractivity contribution in [2.24, 2.45) is 5.73 Å². The molecule has 5 nitrogen and oxygen atoms in total. The van der Waals surface area contributed by atoms with Crippen LogP contribution >= 0.6 is 0 Å². The summed E-state index contributed by atoms with van der Waals surface area (Å²) in [6.07, 6.45) is 12.2. The Morgan fingerprint density at radius 3 is 1.88 bits per heavy atom. The molecule has 1 amide bonds. The number of carboxylic acid groups (broad SMARTS) is 1. The summed E-state index contributed by atoms with van der Waals surface area (Å²) in [6, 6.07) is -0.806. The van der Waals surface area contributed by atoms with E-state index >= 15 is 0 Å². The number of carbonyl (C=O) groups excluding carboxylic acids is 2. The zero-order valence-electron chi connectivity index (χ0n) is 16.0. The highest BCUT2D eigenvalue weighted by Crippen LogP contribution is 2.17. The molecule has 0 saturated carbocycles. The minimum absolute atomic E-state index is 0.0239. The second-order valence-electron chi connectivity index (χ2n) is 7.28. The largest absolute Gasteiger partial charge is 0.544 e.